The number of nitrogens with zero attached hydrogens (tertiary/aromatic N) is 2. The number of hydrogen-bond donors (Lipinski definition) is 0. The highest BCUT2D eigenvalue weighted by molar-refractivity contribution is 7.88. The molecule has 0 spiro atoms. The molecule has 3 nitrogen and oxygen atoms in total. The van der Waals surface area contributed by atoms with Crippen molar-refractivity contribution in [1.82, 2.24) is 9.97 Å². The first-order chi connectivity index (χ1) is 9.83. The molecule has 98 valence electrons. The minimum Gasteiger partial charge on any atom is -0.263 e. The maximum absolute atomic E-state index is 12.0. The zero-order valence-corrected chi connectivity index (χ0v) is 11.5. The summed E-state index contributed by atoms with van der Waals surface area (Å²) in [4.78, 5) is 9.02. The molecule has 2 heterocycles. The molecule has 0 aliphatic carbocycles. The van der Waals surface area contributed by atoms with Crippen LogP contribution in [0, 0.1) is 0 Å². The van der Waals surface area contributed by atoms with E-state index >= 15 is 0 Å². The zero-order chi connectivity index (χ0) is 13.8. The van der Waals surface area contributed by atoms with Crippen LogP contribution in [0.25, 0.3) is 17.0 Å². The lowest BCUT2D eigenvalue weighted by Crippen LogP contribution is -1.87. The Bertz CT molecular complexity index is 785. The molecule has 0 radical (unpaired) electrons. The summed E-state index contributed by atoms with van der Waals surface area (Å²) in [6.07, 6.45) is 6.87. The van der Waals surface area contributed by atoms with Crippen molar-refractivity contribution < 1.29 is 4.21 Å². The smallest absolute Gasteiger partial charge is 0.0791 e. The van der Waals surface area contributed by atoms with Crippen molar-refractivity contribution >= 4 is 27.8 Å². The average molecular weight is 280 g/mol. The van der Waals surface area contributed by atoms with E-state index < -0.39 is 10.8 Å². The lowest BCUT2D eigenvalue weighted by atomic mass is 10.2. The first-order valence-corrected chi connectivity index (χ1v) is 7.38. The van der Waals surface area contributed by atoms with Crippen LogP contribution >= 0.6 is 0 Å². The highest BCUT2D eigenvalue weighted by Crippen LogP contribution is 2.14. The van der Waals surface area contributed by atoms with Crippen LogP contribution in [0.15, 0.2) is 71.4 Å². The molecule has 2 aromatic heterocycles. The lowest BCUT2D eigenvalue weighted by Gasteiger charge is -1.98. The molecular formula is C16H12N2OS. The van der Waals surface area contributed by atoms with Gasteiger partial charge in [0.1, 0.15) is 0 Å². The van der Waals surface area contributed by atoms with Crippen LogP contribution in [0.4, 0.5) is 0 Å². The van der Waals surface area contributed by atoms with E-state index in [0.717, 1.165) is 16.5 Å². The molecule has 1 atom stereocenters. The summed E-state index contributed by atoms with van der Waals surface area (Å²) in [7, 11) is -1.19. The lowest BCUT2D eigenvalue weighted by molar-refractivity contribution is 0.688. The van der Waals surface area contributed by atoms with Gasteiger partial charge in [0.15, 0.2) is 0 Å². The van der Waals surface area contributed by atoms with Crippen molar-refractivity contribution in [3.05, 3.63) is 72.0 Å². The fourth-order valence-electron chi connectivity index (χ4n) is 1.86. The molecule has 3 rings (SSSR count). The quantitative estimate of drug-likeness (QED) is 0.738. The Balaban J connectivity index is 1.85. The Morgan fingerprint density at radius 1 is 1.05 bits per heavy atom. The standard InChI is InChI=1S/C16H12N2OS/c19-20(15-5-3-8-17-12-15)9-7-13-10-14-4-1-2-6-16(14)18-11-13/h1-12H/b9-7+. The van der Waals surface area contributed by atoms with Crippen LogP contribution in [0.5, 0.6) is 0 Å². The highest BCUT2D eigenvalue weighted by atomic mass is 32.2. The predicted molar refractivity (Wildman–Crippen MR) is 81.4 cm³/mol. The van der Waals surface area contributed by atoms with Gasteiger partial charge in [-0.15, -0.1) is 0 Å². The fourth-order valence-corrected chi connectivity index (χ4v) is 2.68. The first-order valence-electron chi connectivity index (χ1n) is 6.16. The van der Waals surface area contributed by atoms with E-state index in [0.29, 0.717) is 4.90 Å². The number of hydrogen-bond acceptors (Lipinski definition) is 3. The molecule has 20 heavy (non-hydrogen) atoms. The van der Waals surface area contributed by atoms with Gasteiger partial charge in [-0.05, 0) is 35.9 Å². The third-order valence-corrected chi connectivity index (χ3v) is 3.95. The molecule has 4 heteroatoms. The van der Waals surface area contributed by atoms with Crippen LogP contribution < -0.4 is 0 Å². The van der Waals surface area contributed by atoms with Crippen LogP contribution in [0.1, 0.15) is 5.56 Å². The average Bonchev–Trinajstić information content (AvgIpc) is 2.53. The molecule has 0 aliphatic rings. The molecule has 0 bridgehead atoms. The van der Waals surface area contributed by atoms with Gasteiger partial charge < -0.3 is 0 Å². The van der Waals surface area contributed by atoms with Gasteiger partial charge in [-0.2, -0.15) is 0 Å². The fraction of sp³-hybridized carbons (Fsp3) is 0. The molecule has 3 aromatic rings. The van der Waals surface area contributed by atoms with Crippen molar-refractivity contribution in [1.29, 1.82) is 0 Å². The number of fused-ring (bicyclic) bond motifs is 1. The van der Waals surface area contributed by atoms with Crippen LogP contribution in [0.3, 0.4) is 0 Å². The predicted octanol–water partition coefficient (Wildman–Crippen LogP) is 3.41. The zero-order valence-electron chi connectivity index (χ0n) is 10.6. The van der Waals surface area contributed by atoms with E-state index in [1.807, 2.05) is 36.4 Å². The van der Waals surface area contributed by atoms with E-state index in [1.54, 1.807) is 36.1 Å². The third kappa shape index (κ3) is 2.81. The van der Waals surface area contributed by atoms with Crippen molar-refractivity contribution in [2.24, 2.45) is 0 Å². The van der Waals surface area contributed by atoms with Crippen molar-refractivity contribution in [2.45, 2.75) is 4.90 Å². The van der Waals surface area contributed by atoms with Crippen molar-refractivity contribution in [3.63, 3.8) is 0 Å². The monoisotopic (exact) mass is 280 g/mol. The summed E-state index contributed by atoms with van der Waals surface area (Å²) in [5, 5.41) is 2.73. The normalized spacial score (nSPS) is 12.8. The highest BCUT2D eigenvalue weighted by Gasteiger charge is 1.99. The molecule has 0 N–H and O–H groups in total. The Labute approximate surface area is 119 Å². The second-order valence-corrected chi connectivity index (χ2v) is 5.59. The van der Waals surface area contributed by atoms with Crippen molar-refractivity contribution in [2.75, 3.05) is 0 Å². The number of pyridine rings is 2. The van der Waals surface area contributed by atoms with Gasteiger partial charge in [0.05, 0.1) is 21.2 Å². The van der Waals surface area contributed by atoms with E-state index in [2.05, 4.69) is 9.97 Å². The van der Waals surface area contributed by atoms with Gasteiger partial charge in [-0.3, -0.25) is 9.97 Å². The Morgan fingerprint density at radius 2 is 1.95 bits per heavy atom. The van der Waals surface area contributed by atoms with Gasteiger partial charge in [0.25, 0.3) is 0 Å². The van der Waals surface area contributed by atoms with Crippen molar-refractivity contribution in [3.8, 4) is 0 Å². The maximum atomic E-state index is 12.0. The topological polar surface area (TPSA) is 42.9 Å². The molecule has 1 aromatic carbocycles. The molecule has 1 unspecified atom stereocenters. The van der Waals surface area contributed by atoms with Gasteiger partial charge in [-0.1, -0.05) is 18.2 Å². The Hall–Kier alpha value is -2.33. The summed E-state index contributed by atoms with van der Waals surface area (Å²) < 4.78 is 12.0. The van der Waals surface area contributed by atoms with Gasteiger partial charge in [-0.25, -0.2) is 4.21 Å². The van der Waals surface area contributed by atoms with E-state index in [9.17, 15) is 4.21 Å². The molecule has 0 aliphatic heterocycles. The summed E-state index contributed by atoms with van der Waals surface area (Å²) in [5.41, 5.74) is 1.89. The largest absolute Gasteiger partial charge is 0.263 e. The van der Waals surface area contributed by atoms with E-state index in [4.69, 9.17) is 0 Å². The second kappa shape index (κ2) is 5.75. The summed E-state index contributed by atoms with van der Waals surface area (Å²) in [6, 6.07) is 13.5. The van der Waals surface area contributed by atoms with Crippen LogP contribution in [0.2, 0.25) is 0 Å². The van der Waals surface area contributed by atoms with Crippen LogP contribution in [-0.4, -0.2) is 14.2 Å². The Kier molecular flexibility index (Phi) is 3.65. The SMILES string of the molecule is O=S(/C=C/c1cnc2ccccc2c1)c1cccnc1. The molecule has 0 amide bonds. The third-order valence-electron chi connectivity index (χ3n) is 2.86. The van der Waals surface area contributed by atoms with Crippen LogP contribution in [-0.2, 0) is 10.8 Å². The summed E-state index contributed by atoms with van der Waals surface area (Å²) in [6.45, 7) is 0. The Morgan fingerprint density at radius 3 is 2.80 bits per heavy atom. The number of rotatable bonds is 3. The minimum absolute atomic E-state index is 0.692. The molecular weight excluding hydrogens is 268 g/mol. The van der Waals surface area contributed by atoms with E-state index in [1.165, 1.54) is 0 Å². The molecule has 0 fully saturated rings. The first kappa shape index (κ1) is 12.7. The number of aromatic nitrogens is 2. The number of benzene rings is 1. The minimum atomic E-state index is -1.19. The maximum Gasteiger partial charge on any atom is 0.0791 e. The molecule has 0 saturated carbocycles. The summed E-state index contributed by atoms with van der Waals surface area (Å²) >= 11 is 0. The van der Waals surface area contributed by atoms with E-state index in [-0.39, 0.29) is 0 Å². The molecule has 0 saturated heterocycles. The van der Waals surface area contributed by atoms with Gasteiger partial charge in [0.2, 0.25) is 0 Å². The van der Waals surface area contributed by atoms with Gasteiger partial charge in [0, 0.05) is 29.4 Å². The second-order valence-electron chi connectivity index (χ2n) is 4.25. The summed E-state index contributed by atoms with van der Waals surface area (Å²) in [5.74, 6) is 0. The van der Waals surface area contributed by atoms with Gasteiger partial charge >= 0.3 is 0 Å². The number of para-hydroxylation sites is 1.